The van der Waals surface area contributed by atoms with Gasteiger partial charge in [0.25, 0.3) is 0 Å². The lowest BCUT2D eigenvalue weighted by molar-refractivity contribution is 0.182. The summed E-state index contributed by atoms with van der Waals surface area (Å²) in [6, 6.07) is 11.9. The number of nitrogens with zero attached hydrogens (tertiary/aromatic N) is 1. The van der Waals surface area contributed by atoms with E-state index in [1.54, 1.807) is 7.11 Å². The summed E-state index contributed by atoms with van der Waals surface area (Å²) >= 11 is 0. The molecule has 2 atom stereocenters. The molecule has 3 nitrogen and oxygen atoms in total. The highest BCUT2D eigenvalue weighted by Gasteiger charge is 2.23. The molecule has 106 valence electrons. The molecule has 1 fully saturated rings. The average molecular weight is 262 g/mol. The molecule has 1 aromatic rings. The average Bonchev–Trinajstić information content (AvgIpc) is 2.85. The van der Waals surface area contributed by atoms with Crippen LogP contribution in [0.1, 0.15) is 25.3 Å². The topological polar surface area (TPSA) is 24.5 Å². The molecule has 0 spiro atoms. The van der Waals surface area contributed by atoms with Crippen LogP contribution in [0, 0.1) is 0 Å². The minimum Gasteiger partial charge on any atom is -0.385 e. The van der Waals surface area contributed by atoms with Crippen molar-refractivity contribution in [2.24, 2.45) is 0 Å². The molecule has 0 saturated carbocycles. The van der Waals surface area contributed by atoms with Crippen molar-refractivity contribution in [3.63, 3.8) is 0 Å². The Morgan fingerprint density at radius 1 is 1.37 bits per heavy atom. The van der Waals surface area contributed by atoms with Gasteiger partial charge in [-0.2, -0.15) is 0 Å². The Hall–Kier alpha value is -0.900. The largest absolute Gasteiger partial charge is 0.385 e. The fourth-order valence-corrected chi connectivity index (χ4v) is 2.73. The quantitative estimate of drug-likeness (QED) is 0.816. The van der Waals surface area contributed by atoms with Gasteiger partial charge in [-0.15, -0.1) is 0 Å². The highest BCUT2D eigenvalue weighted by Crippen LogP contribution is 2.14. The zero-order chi connectivity index (χ0) is 13.5. The van der Waals surface area contributed by atoms with Crippen LogP contribution >= 0.6 is 0 Å². The molecule has 0 amide bonds. The number of rotatable bonds is 7. The Morgan fingerprint density at radius 2 is 2.16 bits per heavy atom. The third-order valence-electron chi connectivity index (χ3n) is 3.80. The maximum atomic E-state index is 5.13. The second-order valence-electron chi connectivity index (χ2n) is 5.56. The van der Waals surface area contributed by atoms with Gasteiger partial charge in [0.15, 0.2) is 0 Å². The molecule has 0 aliphatic carbocycles. The zero-order valence-corrected chi connectivity index (χ0v) is 12.1. The van der Waals surface area contributed by atoms with E-state index in [1.165, 1.54) is 18.5 Å². The van der Waals surface area contributed by atoms with Gasteiger partial charge in [-0.3, -0.25) is 4.90 Å². The molecule has 3 heteroatoms. The highest BCUT2D eigenvalue weighted by atomic mass is 16.5. The minimum absolute atomic E-state index is 0.543. The Balaban J connectivity index is 1.71. The predicted molar refractivity (Wildman–Crippen MR) is 79.2 cm³/mol. The normalized spacial score (nSPS) is 21.7. The van der Waals surface area contributed by atoms with E-state index in [9.17, 15) is 0 Å². The molecule has 1 aliphatic heterocycles. The SMILES string of the molecule is COCCC(C)NC1CCN(Cc2ccccc2)C1. The van der Waals surface area contributed by atoms with E-state index in [0.29, 0.717) is 12.1 Å². The number of hydrogen-bond acceptors (Lipinski definition) is 3. The van der Waals surface area contributed by atoms with Gasteiger partial charge in [0.1, 0.15) is 0 Å². The summed E-state index contributed by atoms with van der Waals surface area (Å²) in [5.74, 6) is 0. The van der Waals surface area contributed by atoms with Crippen molar-refractivity contribution in [2.75, 3.05) is 26.8 Å². The molecule has 2 rings (SSSR count). The highest BCUT2D eigenvalue weighted by molar-refractivity contribution is 5.14. The van der Waals surface area contributed by atoms with Crippen molar-refractivity contribution >= 4 is 0 Å². The Bertz CT molecular complexity index is 355. The van der Waals surface area contributed by atoms with Crippen LogP contribution in [-0.4, -0.2) is 43.8 Å². The summed E-state index contributed by atoms with van der Waals surface area (Å²) in [7, 11) is 1.77. The van der Waals surface area contributed by atoms with E-state index < -0.39 is 0 Å². The molecule has 2 unspecified atom stereocenters. The standard InChI is InChI=1S/C16H26N2O/c1-14(9-11-19-2)17-16-8-10-18(13-16)12-15-6-4-3-5-7-15/h3-7,14,16-17H,8-13H2,1-2H3. The lowest BCUT2D eigenvalue weighted by Crippen LogP contribution is -2.39. The number of methoxy groups -OCH3 is 1. The second-order valence-corrected chi connectivity index (χ2v) is 5.56. The monoisotopic (exact) mass is 262 g/mol. The van der Waals surface area contributed by atoms with Crippen molar-refractivity contribution in [3.8, 4) is 0 Å². The van der Waals surface area contributed by atoms with Gasteiger partial charge in [0.2, 0.25) is 0 Å². The molecule has 0 radical (unpaired) electrons. The maximum absolute atomic E-state index is 5.13. The summed E-state index contributed by atoms with van der Waals surface area (Å²) in [5.41, 5.74) is 1.41. The van der Waals surface area contributed by atoms with E-state index in [2.05, 4.69) is 47.5 Å². The first-order valence-electron chi connectivity index (χ1n) is 7.29. The first-order valence-corrected chi connectivity index (χ1v) is 7.29. The van der Waals surface area contributed by atoms with Crippen molar-refractivity contribution in [1.82, 2.24) is 10.2 Å². The first-order chi connectivity index (χ1) is 9.28. The Labute approximate surface area is 116 Å². The summed E-state index contributed by atoms with van der Waals surface area (Å²) in [6.45, 7) is 6.52. The minimum atomic E-state index is 0.543. The molecule has 19 heavy (non-hydrogen) atoms. The van der Waals surface area contributed by atoms with E-state index >= 15 is 0 Å². The molecular formula is C16H26N2O. The fraction of sp³-hybridized carbons (Fsp3) is 0.625. The van der Waals surface area contributed by atoms with Gasteiger partial charge in [-0.05, 0) is 25.3 Å². The van der Waals surface area contributed by atoms with Crippen LogP contribution in [0.3, 0.4) is 0 Å². The lowest BCUT2D eigenvalue weighted by Gasteiger charge is -2.20. The van der Waals surface area contributed by atoms with Crippen LogP contribution in [-0.2, 0) is 11.3 Å². The third kappa shape index (κ3) is 4.94. The molecule has 1 N–H and O–H groups in total. The fourth-order valence-electron chi connectivity index (χ4n) is 2.73. The van der Waals surface area contributed by atoms with Crippen LogP contribution in [0.2, 0.25) is 0 Å². The lowest BCUT2D eigenvalue weighted by atomic mass is 10.2. The van der Waals surface area contributed by atoms with Crippen LogP contribution in [0.5, 0.6) is 0 Å². The van der Waals surface area contributed by atoms with Crippen molar-refractivity contribution in [3.05, 3.63) is 35.9 Å². The molecule has 1 saturated heterocycles. The number of likely N-dealkylation sites (tertiary alicyclic amines) is 1. The Kier molecular flexibility index (Phi) is 5.83. The maximum Gasteiger partial charge on any atom is 0.0476 e. The number of benzene rings is 1. The van der Waals surface area contributed by atoms with E-state index in [1.807, 2.05) is 0 Å². The summed E-state index contributed by atoms with van der Waals surface area (Å²) < 4.78 is 5.13. The molecule has 0 bridgehead atoms. The third-order valence-corrected chi connectivity index (χ3v) is 3.80. The molecular weight excluding hydrogens is 236 g/mol. The van der Waals surface area contributed by atoms with E-state index in [4.69, 9.17) is 4.74 Å². The molecule has 0 aromatic heterocycles. The summed E-state index contributed by atoms with van der Waals surface area (Å²) in [5, 5.41) is 3.71. The molecule has 1 aliphatic rings. The van der Waals surface area contributed by atoms with Crippen molar-refractivity contribution in [2.45, 2.75) is 38.4 Å². The Morgan fingerprint density at radius 3 is 2.89 bits per heavy atom. The van der Waals surface area contributed by atoms with E-state index in [0.717, 1.165) is 26.1 Å². The summed E-state index contributed by atoms with van der Waals surface area (Å²) in [4.78, 5) is 2.54. The van der Waals surface area contributed by atoms with Gasteiger partial charge >= 0.3 is 0 Å². The van der Waals surface area contributed by atoms with Crippen molar-refractivity contribution in [1.29, 1.82) is 0 Å². The predicted octanol–water partition coefficient (Wildman–Crippen LogP) is 2.28. The van der Waals surface area contributed by atoms with Gasteiger partial charge in [-0.1, -0.05) is 30.3 Å². The van der Waals surface area contributed by atoms with Gasteiger partial charge < -0.3 is 10.1 Å². The van der Waals surface area contributed by atoms with Gasteiger partial charge in [-0.25, -0.2) is 0 Å². The molecule has 1 heterocycles. The zero-order valence-electron chi connectivity index (χ0n) is 12.1. The second kappa shape index (κ2) is 7.63. The van der Waals surface area contributed by atoms with Crippen molar-refractivity contribution < 1.29 is 4.74 Å². The smallest absolute Gasteiger partial charge is 0.0476 e. The van der Waals surface area contributed by atoms with E-state index in [-0.39, 0.29) is 0 Å². The van der Waals surface area contributed by atoms with Gasteiger partial charge in [0, 0.05) is 45.4 Å². The molecule has 1 aromatic carbocycles. The van der Waals surface area contributed by atoms with Crippen LogP contribution < -0.4 is 5.32 Å². The summed E-state index contributed by atoms with van der Waals surface area (Å²) in [6.07, 6.45) is 2.34. The number of nitrogens with one attached hydrogen (secondary N) is 1. The number of hydrogen-bond donors (Lipinski definition) is 1. The van der Waals surface area contributed by atoms with Crippen LogP contribution in [0.15, 0.2) is 30.3 Å². The van der Waals surface area contributed by atoms with Crippen LogP contribution in [0.4, 0.5) is 0 Å². The van der Waals surface area contributed by atoms with Crippen LogP contribution in [0.25, 0.3) is 0 Å². The van der Waals surface area contributed by atoms with Gasteiger partial charge in [0.05, 0.1) is 0 Å². The number of ether oxygens (including phenoxy) is 1. The first kappa shape index (κ1) is 14.5.